The van der Waals surface area contributed by atoms with Gasteiger partial charge in [-0.05, 0) is 5.18 Å². The molecule has 0 radical (unpaired) electrons. The maximum Gasteiger partial charge on any atom is 0.191 e. The van der Waals surface area contributed by atoms with Crippen LogP contribution in [0.3, 0.4) is 0 Å². The summed E-state index contributed by atoms with van der Waals surface area (Å²) in [5.41, 5.74) is -0.183. The average molecular weight is 171 g/mol. The van der Waals surface area contributed by atoms with Gasteiger partial charge in [0.05, 0.1) is 0 Å². The second kappa shape index (κ2) is 4.03. The van der Waals surface area contributed by atoms with Crippen molar-refractivity contribution in [1.82, 2.24) is 0 Å². The predicted octanol–water partition coefficient (Wildman–Crippen LogP) is 2.23. The van der Waals surface area contributed by atoms with Crippen molar-refractivity contribution in [1.29, 1.82) is 0 Å². The first-order chi connectivity index (χ1) is 5.34. The molecular formula is C7H7ClN2O. The lowest BCUT2D eigenvalue weighted by atomic mass is 10.2. The lowest BCUT2D eigenvalue weighted by Gasteiger charge is -1.97. The van der Waals surface area contributed by atoms with E-state index in [0.717, 1.165) is 6.42 Å². The number of nitroso groups, excluding NO2 is 1. The first kappa shape index (κ1) is 8.14. The van der Waals surface area contributed by atoms with Crippen molar-refractivity contribution in [3.8, 4) is 0 Å². The molecular weight excluding hydrogens is 164 g/mol. The fourth-order valence-electron chi connectivity index (χ4n) is 0.709. The van der Waals surface area contributed by atoms with Crippen LogP contribution in [0.4, 0.5) is 0 Å². The molecule has 0 aromatic carbocycles. The number of hydrogen-bond donors (Lipinski definition) is 0. The third-order valence-electron chi connectivity index (χ3n) is 1.25. The Bertz CT molecular complexity index is 233. The molecule has 4 heteroatoms. The van der Waals surface area contributed by atoms with E-state index in [4.69, 9.17) is 11.6 Å². The molecule has 0 saturated heterocycles. The summed E-state index contributed by atoms with van der Waals surface area (Å²) in [5.74, 6) is 0. The van der Waals surface area contributed by atoms with Crippen molar-refractivity contribution >= 4 is 17.8 Å². The topological polar surface area (TPSA) is 41.8 Å². The second-order valence-electron chi connectivity index (χ2n) is 2.04. The molecule has 1 atom stereocenters. The minimum atomic E-state index is -0.818. The Morgan fingerprint density at radius 3 is 3.27 bits per heavy atom. The van der Waals surface area contributed by atoms with Gasteiger partial charge in [0.25, 0.3) is 0 Å². The lowest BCUT2D eigenvalue weighted by Crippen LogP contribution is -1.94. The molecule has 1 aliphatic heterocycles. The summed E-state index contributed by atoms with van der Waals surface area (Å²) in [6.45, 7) is 0. The normalized spacial score (nSPS) is 18.8. The minimum Gasteiger partial charge on any atom is -0.268 e. The molecule has 1 heterocycles. The number of aliphatic imine (C=N–C) groups is 1. The molecule has 0 fully saturated rings. The summed E-state index contributed by atoms with van der Waals surface area (Å²) in [6.07, 6.45) is 7.68. The fourth-order valence-corrected chi connectivity index (χ4v) is 0.838. The van der Waals surface area contributed by atoms with E-state index in [2.05, 4.69) is 10.2 Å². The smallest absolute Gasteiger partial charge is 0.191 e. The molecule has 0 aromatic heterocycles. The van der Waals surface area contributed by atoms with Gasteiger partial charge in [0.1, 0.15) is 0 Å². The van der Waals surface area contributed by atoms with Crippen LogP contribution < -0.4 is 0 Å². The third kappa shape index (κ3) is 2.27. The van der Waals surface area contributed by atoms with Gasteiger partial charge in [-0.3, -0.25) is 4.99 Å². The highest BCUT2D eigenvalue weighted by molar-refractivity contribution is 6.22. The SMILES string of the molecule is O=NC(Cl)C1=CN=CCC=C1. The van der Waals surface area contributed by atoms with E-state index in [0.29, 0.717) is 5.57 Å². The van der Waals surface area contributed by atoms with Crippen molar-refractivity contribution < 1.29 is 0 Å². The molecule has 1 unspecified atom stereocenters. The Hall–Kier alpha value is -0.960. The predicted molar refractivity (Wildman–Crippen MR) is 45.8 cm³/mol. The van der Waals surface area contributed by atoms with Gasteiger partial charge >= 0.3 is 0 Å². The van der Waals surface area contributed by atoms with E-state index in [9.17, 15) is 4.91 Å². The largest absolute Gasteiger partial charge is 0.268 e. The summed E-state index contributed by atoms with van der Waals surface area (Å²) in [5, 5.41) is 2.68. The second-order valence-corrected chi connectivity index (χ2v) is 2.45. The minimum absolute atomic E-state index is 0.635. The molecule has 0 bridgehead atoms. The van der Waals surface area contributed by atoms with Crippen molar-refractivity contribution in [3.05, 3.63) is 28.8 Å². The Morgan fingerprint density at radius 1 is 1.73 bits per heavy atom. The maximum absolute atomic E-state index is 10.0. The number of alkyl halides is 1. The van der Waals surface area contributed by atoms with E-state index < -0.39 is 5.50 Å². The van der Waals surface area contributed by atoms with E-state index in [1.54, 1.807) is 18.5 Å². The van der Waals surface area contributed by atoms with Crippen molar-refractivity contribution in [2.75, 3.05) is 0 Å². The zero-order chi connectivity index (χ0) is 8.10. The summed E-state index contributed by atoms with van der Waals surface area (Å²) in [4.78, 5) is 13.9. The molecule has 0 N–H and O–H groups in total. The number of nitrogens with zero attached hydrogens (tertiary/aromatic N) is 2. The van der Waals surface area contributed by atoms with Gasteiger partial charge in [-0.25, -0.2) is 0 Å². The van der Waals surface area contributed by atoms with Crippen molar-refractivity contribution in [2.24, 2.45) is 10.2 Å². The van der Waals surface area contributed by atoms with Crippen LogP contribution in [0.15, 0.2) is 34.1 Å². The molecule has 3 nitrogen and oxygen atoms in total. The quantitative estimate of drug-likeness (QED) is 0.356. The molecule has 0 aliphatic carbocycles. The van der Waals surface area contributed by atoms with Crippen LogP contribution in [-0.2, 0) is 0 Å². The van der Waals surface area contributed by atoms with Gasteiger partial charge in [0, 0.05) is 24.4 Å². The summed E-state index contributed by atoms with van der Waals surface area (Å²) in [7, 11) is 0. The highest BCUT2D eigenvalue weighted by atomic mass is 35.5. The Balaban J connectivity index is 2.76. The highest BCUT2D eigenvalue weighted by Crippen LogP contribution is 2.14. The van der Waals surface area contributed by atoms with Crippen LogP contribution in [-0.4, -0.2) is 11.7 Å². The standard InChI is InChI=1S/C7H7ClN2O/c8-7(10-11)6-3-1-2-4-9-5-6/h1,3-5,7H,2H2. The molecule has 58 valence electrons. The third-order valence-corrected chi connectivity index (χ3v) is 1.58. The summed E-state index contributed by atoms with van der Waals surface area (Å²) >= 11 is 5.54. The van der Waals surface area contributed by atoms with E-state index in [1.807, 2.05) is 6.08 Å². The van der Waals surface area contributed by atoms with E-state index in [1.165, 1.54) is 0 Å². The molecule has 0 spiro atoms. The van der Waals surface area contributed by atoms with E-state index in [-0.39, 0.29) is 0 Å². The van der Waals surface area contributed by atoms with Crippen molar-refractivity contribution in [2.45, 2.75) is 11.9 Å². The first-order valence-electron chi connectivity index (χ1n) is 3.19. The molecule has 0 aromatic rings. The lowest BCUT2D eigenvalue weighted by molar-refractivity contribution is 1.06. The van der Waals surface area contributed by atoms with Crippen LogP contribution >= 0.6 is 11.6 Å². The van der Waals surface area contributed by atoms with Gasteiger partial charge in [0.2, 0.25) is 0 Å². The van der Waals surface area contributed by atoms with Gasteiger partial charge in [-0.15, -0.1) is 4.91 Å². The zero-order valence-corrected chi connectivity index (χ0v) is 6.53. The Morgan fingerprint density at radius 2 is 2.55 bits per heavy atom. The van der Waals surface area contributed by atoms with E-state index >= 15 is 0 Å². The van der Waals surface area contributed by atoms with Gasteiger partial charge in [-0.2, -0.15) is 0 Å². The number of allylic oxidation sites excluding steroid dienone is 1. The number of halogens is 1. The Kier molecular flexibility index (Phi) is 2.98. The Labute approximate surface area is 69.4 Å². The van der Waals surface area contributed by atoms with Crippen molar-refractivity contribution in [3.63, 3.8) is 0 Å². The van der Waals surface area contributed by atoms with Gasteiger partial charge < -0.3 is 0 Å². The summed E-state index contributed by atoms with van der Waals surface area (Å²) in [6, 6.07) is 0. The monoisotopic (exact) mass is 170 g/mol. The molecule has 11 heavy (non-hydrogen) atoms. The average Bonchev–Trinajstić information content (AvgIpc) is 2.30. The first-order valence-corrected chi connectivity index (χ1v) is 3.63. The van der Waals surface area contributed by atoms with Crippen LogP contribution in [0.1, 0.15) is 6.42 Å². The molecule has 0 amide bonds. The molecule has 0 saturated carbocycles. The maximum atomic E-state index is 10.0. The highest BCUT2D eigenvalue weighted by Gasteiger charge is 2.07. The van der Waals surface area contributed by atoms with Crippen LogP contribution in [0, 0.1) is 4.91 Å². The number of rotatable bonds is 2. The fraction of sp³-hybridized carbons (Fsp3) is 0.286. The summed E-state index contributed by atoms with van der Waals surface area (Å²) < 4.78 is 0. The van der Waals surface area contributed by atoms with Crippen LogP contribution in [0.25, 0.3) is 0 Å². The van der Waals surface area contributed by atoms with Gasteiger partial charge in [-0.1, -0.05) is 23.8 Å². The number of hydrogen-bond acceptors (Lipinski definition) is 3. The molecule has 1 aliphatic rings. The molecule has 1 rings (SSSR count). The van der Waals surface area contributed by atoms with Gasteiger partial charge in [0.15, 0.2) is 5.50 Å². The van der Waals surface area contributed by atoms with Crippen LogP contribution in [0.2, 0.25) is 0 Å². The van der Waals surface area contributed by atoms with Crippen LogP contribution in [0.5, 0.6) is 0 Å². The zero-order valence-electron chi connectivity index (χ0n) is 5.77.